The number of hydrogen-bond acceptors (Lipinski definition) is 4. The Morgan fingerprint density at radius 2 is 1.81 bits per heavy atom. The largest absolute Gasteiger partial charge is 0.489 e. The van der Waals surface area contributed by atoms with Crippen molar-refractivity contribution >= 4 is 17.4 Å². The molecule has 0 aliphatic carbocycles. The molecule has 5 N–H and O–H groups in total. The molecule has 0 spiro atoms. The molecule has 184 valence electrons. The number of hydrogen-bond donors (Lipinski definition) is 4. The molecule has 1 amide bonds. The van der Waals surface area contributed by atoms with Gasteiger partial charge >= 0.3 is 5.69 Å². The Hall–Kier alpha value is -4.59. The minimum absolute atomic E-state index is 0.0433. The summed E-state index contributed by atoms with van der Waals surface area (Å²) in [6.07, 6.45) is 0.0433. The van der Waals surface area contributed by atoms with Crippen molar-refractivity contribution in [3.63, 3.8) is 0 Å². The van der Waals surface area contributed by atoms with Gasteiger partial charge in [-0.05, 0) is 68.3 Å². The first kappa shape index (κ1) is 24.5. The highest BCUT2D eigenvalue weighted by atomic mass is 16.5. The quantitative estimate of drug-likeness (QED) is 0.222. The first-order chi connectivity index (χ1) is 17.2. The number of aryl methyl sites for hydroxylation is 2. The minimum Gasteiger partial charge on any atom is -0.489 e. The van der Waals surface area contributed by atoms with E-state index in [9.17, 15) is 9.59 Å². The van der Waals surface area contributed by atoms with Crippen LogP contribution in [-0.4, -0.2) is 21.3 Å². The van der Waals surface area contributed by atoms with Crippen LogP contribution in [0, 0.1) is 26.2 Å². The lowest BCUT2D eigenvalue weighted by atomic mass is 10.1. The van der Waals surface area contributed by atoms with Crippen LogP contribution in [0.15, 0.2) is 71.5 Å². The molecule has 1 heterocycles. The molecular weight excluding hydrogens is 454 g/mol. The molecule has 3 aromatic carbocycles. The number of benzene rings is 3. The molecular formula is C28H29N5O3. The van der Waals surface area contributed by atoms with E-state index >= 15 is 0 Å². The number of H-pyrrole nitrogens is 1. The van der Waals surface area contributed by atoms with E-state index in [1.54, 1.807) is 28.8 Å². The third kappa shape index (κ3) is 5.38. The molecule has 0 bridgehead atoms. The number of aromatic nitrogens is 2. The number of nitrogens with two attached hydrogens (primary N) is 1. The van der Waals surface area contributed by atoms with Gasteiger partial charge in [-0.25, -0.2) is 4.79 Å². The number of anilines is 1. The Labute approximate surface area is 209 Å². The maximum absolute atomic E-state index is 13.0. The molecule has 0 saturated heterocycles. The van der Waals surface area contributed by atoms with Crippen molar-refractivity contribution in [1.29, 1.82) is 5.41 Å². The number of ether oxygens (including phenoxy) is 1. The van der Waals surface area contributed by atoms with Gasteiger partial charge in [0.05, 0.1) is 12.1 Å². The predicted molar refractivity (Wildman–Crippen MR) is 141 cm³/mol. The van der Waals surface area contributed by atoms with Crippen LogP contribution < -0.4 is 21.5 Å². The Bertz CT molecular complexity index is 1490. The average molecular weight is 484 g/mol. The summed E-state index contributed by atoms with van der Waals surface area (Å²) in [6.45, 7) is 5.99. The summed E-state index contributed by atoms with van der Waals surface area (Å²) < 4.78 is 7.62. The molecule has 0 radical (unpaired) electrons. The van der Waals surface area contributed by atoms with Crippen LogP contribution in [0.1, 0.15) is 33.6 Å². The van der Waals surface area contributed by atoms with Crippen LogP contribution in [0.5, 0.6) is 5.75 Å². The zero-order valence-electron chi connectivity index (χ0n) is 20.5. The predicted octanol–water partition coefficient (Wildman–Crippen LogP) is 4.14. The van der Waals surface area contributed by atoms with Gasteiger partial charge in [-0.2, -0.15) is 0 Å². The van der Waals surface area contributed by atoms with E-state index in [0.717, 1.165) is 28.2 Å². The van der Waals surface area contributed by atoms with Gasteiger partial charge in [-0.15, -0.1) is 0 Å². The number of rotatable bonds is 8. The van der Waals surface area contributed by atoms with Crippen LogP contribution >= 0.6 is 0 Å². The van der Waals surface area contributed by atoms with Crippen molar-refractivity contribution in [1.82, 2.24) is 9.55 Å². The molecule has 36 heavy (non-hydrogen) atoms. The molecule has 0 unspecified atom stereocenters. The van der Waals surface area contributed by atoms with E-state index in [2.05, 4.69) is 10.3 Å². The molecule has 0 saturated carbocycles. The van der Waals surface area contributed by atoms with Gasteiger partial charge in [0.2, 0.25) is 5.91 Å². The fourth-order valence-electron chi connectivity index (χ4n) is 4.04. The van der Waals surface area contributed by atoms with Crippen LogP contribution in [0.3, 0.4) is 0 Å². The van der Waals surface area contributed by atoms with E-state index in [1.807, 2.05) is 63.2 Å². The van der Waals surface area contributed by atoms with Crippen LogP contribution in [0.2, 0.25) is 0 Å². The smallest absolute Gasteiger partial charge is 0.330 e. The van der Waals surface area contributed by atoms with E-state index in [0.29, 0.717) is 29.2 Å². The maximum atomic E-state index is 13.0. The highest BCUT2D eigenvalue weighted by Crippen LogP contribution is 2.24. The molecule has 4 rings (SSSR count). The highest BCUT2D eigenvalue weighted by Gasteiger charge is 2.14. The summed E-state index contributed by atoms with van der Waals surface area (Å²) in [5.74, 6) is 0.240. The second-order valence-electron chi connectivity index (χ2n) is 8.71. The molecule has 8 heteroatoms. The summed E-state index contributed by atoms with van der Waals surface area (Å²) in [5.41, 5.74) is 11.5. The fraction of sp³-hybridized carbons (Fsp3) is 0.179. The highest BCUT2D eigenvalue weighted by molar-refractivity contribution is 5.96. The molecule has 0 aliphatic rings. The van der Waals surface area contributed by atoms with Gasteiger partial charge in [0.1, 0.15) is 18.2 Å². The van der Waals surface area contributed by atoms with Crippen molar-refractivity contribution in [3.05, 3.63) is 111 Å². The standard InChI is InChI=1S/C28H29N5O3/c1-17-13-23(10-11-24(17)33-19(3)18(2)31-28(33)35)32-26(34)15-22-14-21(27(29)30)9-12-25(22)36-16-20-7-5-4-6-8-20/h4-14H,15-16H2,1-3H3,(H3,29,30)(H,31,35)(H,32,34). The van der Waals surface area contributed by atoms with E-state index in [1.165, 1.54) is 0 Å². The number of nitrogen functional groups attached to an aromatic ring is 1. The van der Waals surface area contributed by atoms with E-state index in [4.69, 9.17) is 15.9 Å². The number of amidine groups is 1. The molecule has 4 aromatic rings. The second kappa shape index (κ2) is 10.4. The third-order valence-corrected chi connectivity index (χ3v) is 6.06. The normalized spacial score (nSPS) is 10.8. The summed E-state index contributed by atoms with van der Waals surface area (Å²) in [6, 6.07) is 20.3. The van der Waals surface area contributed by atoms with Crippen molar-refractivity contribution < 1.29 is 9.53 Å². The summed E-state index contributed by atoms with van der Waals surface area (Å²) in [4.78, 5) is 28.1. The topological polar surface area (TPSA) is 126 Å². The molecule has 0 atom stereocenters. The van der Waals surface area contributed by atoms with Crippen LogP contribution in [0.25, 0.3) is 5.69 Å². The average Bonchev–Trinajstić information content (AvgIpc) is 3.10. The Morgan fingerprint density at radius 3 is 2.44 bits per heavy atom. The van der Waals surface area contributed by atoms with Gasteiger partial charge in [0, 0.05) is 28.2 Å². The summed E-state index contributed by atoms with van der Waals surface area (Å²) >= 11 is 0. The van der Waals surface area contributed by atoms with E-state index < -0.39 is 0 Å². The van der Waals surface area contributed by atoms with Crippen molar-refractivity contribution in [2.75, 3.05) is 5.32 Å². The van der Waals surface area contributed by atoms with Crippen molar-refractivity contribution in [2.24, 2.45) is 5.73 Å². The first-order valence-corrected chi connectivity index (χ1v) is 11.6. The number of carbonyl (C=O) groups is 1. The lowest BCUT2D eigenvalue weighted by Gasteiger charge is -2.14. The number of amides is 1. The zero-order valence-corrected chi connectivity index (χ0v) is 20.5. The van der Waals surface area contributed by atoms with Gasteiger partial charge < -0.3 is 20.8 Å². The van der Waals surface area contributed by atoms with Crippen molar-refractivity contribution in [3.8, 4) is 11.4 Å². The Morgan fingerprint density at radius 1 is 1.06 bits per heavy atom. The van der Waals surface area contributed by atoms with Gasteiger partial charge in [0.15, 0.2) is 0 Å². The Kier molecular flexibility index (Phi) is 7.05. The van der Waals surface area contributed by atoms with Crippen LogP contribution in [0.4, 0.5) is 5.69 Å². The van der Waals surface area contributed by atoms with Crippen molar-refractivity contribution in [2.45, 2.75) is 33.8 Å². The third-order valence-electron chi connectivity index (χ3n) is 6.06. The molecule has 8 nitrogen and oxygen atoms in total. The molecule has 0 aliphatic heterocycles. The maximum Gasteiger partial charge on any atom is 0.330 e. The zero-order chi connectivity index (χ0) is 25.8. The fourth-order valence-corrected chi connectivity index (χ4v) is 4.04. The molecule has 1 aromatic heterocycles. The SMILES string of the molecule is Cc1cc(NC(=O)Cc2cc(C(=N)N)ccc2OCc2ccccc2)ccc1-n1c(C)c(C)[nH]c1=O. The number of aromatic amines is 1. The monoisotopic (exact) mass is 483 g/mol. The molecule has 0 fully saturated rings. The van der Waals surface area contributed by atoms with Gasteiger partial charge in [0.25, 0.3) is 0 Å². The number of nitrogens with one attached hydrogen (secondary N) is 3. The van der Waals surface area contributed by atoms with E-state index in [-0.39, 0.29) is 23.9 Å². The van der Waals surface area contributed by atoms with Crippen LogP contribution in [-0.2, 0) is 17.8 Å². The minimum atomic E-state index is -0.238. The number of nitrogens with zero attached hydrogens (tertiary/aromatic N) is 1. The first-order valence-electron chi connectivity index (χ1n) is 11.6. The Balaban J connectivity index is 1.52. The lowest BCUT2D eigenvalue weighted by Crippen LogP contribution is -2.18. The number of imidazole rings is 1. The van der Waals surface area contributed by atoms with Gasteiger partial charge in [-0.1, -0.05) is 30.3 Å². The van der Waals surface area contributed by atoms with Gasteiger partial charge in [-0.3, -0.25) is 14.8 Å². The number of carbonyl (C=O) groups excluding carboxylic acids is 1. The lowest BCUT2D eigenvalue weighted by molar-refractivity contribution is -0.115. The second-order valence-corrected chi connectivity index (χ2v) is 8.71. The summed E-state index contributed by atoms with van der Waals surface area (Å²) in [5, 5.41) is 10.7. The summed E-state index contributed by atoms with van der Waals surface area (Å²) in [7, 11) is 0.